The van der Waals surface area contributed by atoms with E-state index in [2.05, 4.69) is 0 Å². The zero-order valence-electron chi connectivity index (χ0n) is 14.8. The Morgan fingerprint density at radius 1 is 1.08 bits per heavy atom. The summed E-state index contributed by atoms with van der Waals surface area (Å²) in [4.78, 5) is 30.0. The minimum atomic E-state index is -2.79. The van der Waals surface area contributed by atoms with Crippen molar-refractivity contribution < 1.29 is 18.4 Å². The SMILES string of the molecule is O=C(c1ccc([C@H]2CCCN2C(=O)C2CCC2)s1)N1CCCC(F)(F)C1. The predicted octanol–water partition coefficient (Wildman–Crippen LogP) is 4.08. The first-order chi connectivity index (χ1) is 12.4. The predicted molar refractivity (Wildman–Crippen MR) is 95.4 cm³/mol. The molecule has 2 amide bonds. The molecule has 0 N–H and O–H groups in total. The van der Waals surface area contributed by atoms with E-state index in [1.165, 1.54) is 16.2 Å². The lowest BCUT2D eigenvalue weighted by Gasteiger charge is -2.32. The van der Waals surface area contributed by atoms with Crippen LogP contribution in [0.25, 0.3) is 0 Å². The van der Waals surface area contributed by atoms with E-state index in [0.717, 1.165) is 43.5 Å². The normalized spacial score (nSPS) is 26.0. The molecular weight excluding hydrogens is 358 g/mol. The van der Waals surface area contributed by atoms with E-state index in [9.17, 15) is 18.4 Å². The second-order valence-electron chi connectivity index (χ2n) is 7.71. The van der Waals surface area contributed by atoms with Crippen molar-refractivity contribution in [1.29, 1.82) is 0 Å². The third-order valence-corrected chi connectivity index (χ3v) is 7.01. The summed E-state index contributed by atoms with van der Waals surface area (Å²) in [5, 5.41) is 0. The molecule has 1 aliphatic carbocycles. The highest BCUT2D eigenvalue weighted by molar-refractivity contribution is 7.14. The van der Waals surface area contributed by atoms with Gasteiger partial charge in [-0.3, -0.25) is 9.59 Å². The van der Waals surface area contributed by atoms with Gasteiger partial charge in [-0.05, 0) is 44.2 Å². The van der Waals surface area contributed by atoms with Gasteiger partial charge in [0, 0.05) is 30.3 Å². The van der Waals surface area contributed by atoms with Crippen LogP contribution in [-0.2, 0) is 4.79 Å². The number of carbonyl (C=O) groups is 2. The number of hydrogen-bond donors (Lipinski definition) is 0. The Labute approximate surface area is 156 Å². The second-order valence-corrected chi connectivity index (χ2v) is 8.82. The summed E-state index contributed by atoms with van der Waals surface area (Å²) >= 11 is 1.36. The van der Waals surface area contributed by atoms with Crippen LogP contribution in [0.15, 0.2) is 12.1 Å². The molecule has 0 radical (unpaired) electrons. The average Bonchev–Trinajstić information content (AvgIpc) is 3.20. The van der Waals surface area contributed by atoms with E-state index in [-0.39, 0.29) is 30.2 Å². The highest BCUT2D eigenvalue weighted by Crippen LogP contribution is 2.40. The maximum absolute atomic E-state index is 13.6. The van der Waals surface area contributed by atoms with Gasteiger partial charge in [0.15, 0.2) is 0 Å². The standard InChI is InChI=1S/C19H24F2N2O2S/c20-19(21)9-3-10-22(12-19)18(25)16-8-7-15(26-16)14-6-2-11-23(14)17(24)13-4-1-5-13/h7-8,13-14H,1-6,9-12H2/t14-/m1/s1. The molecule has 4 nitrogen and oxygen atoms in total. The molecule has 1 atom stereocenters. The van der Waals surface area contributed by atoms with Crippen LogP contribution < -0.4 is 0 Å². The van der Waals surface area contributed by atoms with Crippen LogP contribution >= 0.6 is 11.3 Å². The number of hydrogen-bond acceptors (Lipinski definition) is 3. The lowest BCUT2D eigenvalue weighted by atomic mass is 9.84. The van der Waals surface area contributed by atoms with Crippen LogP contribution in [-0.4, -0.2) is 47.2 Å². The van der Waals surface area contributed by atoms with Crippen molar-refractivity contribution in [3.63, 3.8) is 0 Å². The zero-order valence-corrected chi connectivity index (χ0v) is 15.6. The van der Waals surface area contributed by atoms with Crippen molar-refractivity contribution in [2.45, 2.75) is 56.9 Å². The maximum atomic E-state index is 13.6. The summed E-state index contributed by atoms with van der Waals surface area (Å²) < 4.78 is 27.2. The van der Waals surface area contributed by atoms with Gasteiger partial charge < -0.3 is 9.80 Å². The highest BCUT2D eigenvalue weighted by Gasteiger charge is 2.39. The number of thiophene rings is 1. The number of likely N-dealkylation sites (tertiary alicyclic amines) is 2. The van der Waals surface area contributed by atoms with Crippen LogP contribution in [0, 0.1) is 5.92 Å². The van der Waals surface area contributed by atoms with Gasteiger partial charge in [-0.15, -0.1) is 11.3 Å². The third-order valence-electron chi connectivity index (χ3n) is 5.84. The van der Waals surface area contributed by atoms with E-state index in [0.29, 0.717) is 17.8 Å². The van der Waals surface area contributed by atoms with Crippen molar-refractivity contribution in [2.75, 3.05) is 19.6 Å². The maximum Gasteiger partial charge on any atom is 0.265 e. The quantitative estimate of drug-likeness (QED) is 0.790. The largest absolute Gasteiger partial charge is 0.335 e. The van der Waals surface area contributed by atoms with Crippen LogP contribution in [0.1, 0.15) is 65.5 Å². The van der Waals surface area contributed by atoms with Crippen LogP contribution in [0.3, 0.4) is 0 Å². The topological polar surface area (TPSA) is 40.6 Å². The Morgan fingerprint density at radius 3 is 2.58 bits per heavy atom. The van der Waals surface area contributed by atoms with Crippen LogP contribution in [0.5, 0.6) is 0 Å². The molecule has 0 spiro atoms. The van der Waals surface area contributed by atoms with Gasteiger partial charge >= 0.3 is 0 Å². The van der Waals surface area contributed by atoms with Gasteiger partial charge in [-0.25, -0.2) is 8.78 Å². The number of alkyl halides is 2. The lowest BCUT2D eigenvalue weighted by molar-refractivity contribution is -0.139. The number of nitrogens with zero attached hydrogens (tertiary/aromatic N) is 2. The van der Waals surface area contributed by atoms with Crippen LogP contribution in [0.2, 0.25) is 0 Å². The van der Waals surface area contributed by atoms with Gasteiger partial charge in [0.25, 0.3) is 11.8 Å². The molecule has 3 heterocycles. The van der Waals surface area contributed by atoms with Gasteiger partial charge in [-0.1, -0.05) is 6.42 Å². The molecule has 3 aliphatic rings. The van der Waals surface area contributed by atoms with Crippen molar-refractivity contribution in [3.8, 4) is 0 Å². The fraction of sp³-hybridized carbons (Fsp3) is 0.684. The summed E-state index contributed by atoms with van der Waals surface area (Å²) in [5.74, 6) is -2.68. The van der Waals surface area contributed by atoms with Crippen molar-refractivity contribution >= 4 is 23.2 Å². The van der Waals surface area contributed by atoms with E-state index < -0.39 is 12.5 Å². The first-order valence-electron chi connectivity index (χ1n) is 9.52. The number of carbonyl (C=O) groups excluding carboxylic acids is 2. The Hall–Kier alpha value is -1.50. The van der Waals surface area contributed by atoms with Crippen LogP contribution in [0.4, 0.5) is 8.78 Å². The molecule has 1 aromatic heterocycles. The summed E-state index contributed by atoms with van der Waals surface area (Å²) in [6, 6.07) is 3.67. The van der Waals surface area contributed by atoms with E-state index in [4.69, 9.17) is 0 Å². The molecule has 3 fully saturated rings. The summed E-state index contributed by atoms with van der Waals surface area (Å²) in [6.45, 7) is 0.672. The molecule has 26 heavy (non-hydrogen) atoms. The van der Waals surface area contributed by atoms with E-state index in [1.807, 2.05) is 11.0 Å². The summed E-state index contributed by atoms with van der Waals surface area (Å²) in [5.41, 5.74) is 0. The van der Waals surface area contributed by atoms with Gasteiger partial charge in [0.2, 0.25) is 5.91 Å². The monoisotopic (exact) mass is 382 g/mol. The average molecular weight is 382 g/mol. The van der Waals surface area contributed by atoms with Crippen molar-refractivity contribution in [1.82, 2.24) is 9.80 Å². The van der Waals surface area contributed by atoms with Gasteiger partial charge in [0.05, 0.1) is 17.5 Å². The number of halogens is 2. The number of rotatable bonds is 3. The summed E-state index contributed by atoms with van der Waals surface area (Å²) in [6.07, 6.45) is 5.18. The Kier molecular flexibility index (Phi) is 4.75. The molecule has 7 heteroatoms. The molecule has 142 valence electrons. The Morgan fingerprint density at radius 2 is 1.88 bits per heavy atom. The molecule has 0 aromatic carbocycles. The molecule has 4 rings (SSSR count). The minimum absolute atomic E-state index is 0.0393. The van der Waals surface area contributed by atoms with E-state index in [1.54, 1.807) is 6.07 Å². The van der Waals surface area contributed by atoms with Gasteiger partial charge in [-0.2, -0.15) is 0 Å². The number of amides is 2. The lowest BCUT2D eigenvalue weighted by Crippen LogP contribution is -2.45. The number of piperidine rings is 1. The first kappa shape index (κ1) is 17.9. The Balaban J connectivity index is 1.47. The first-order valence-corrected chi connectivity index (χ1v) is 10.3. The highest BCUT2D eigenvalue weighted by atomic mass is 32.1. The van der Waals surface area contributed by atoms with Crippen molar-refractivity contribution in [3.05, 3.63) is 21.9 Å². The molecule has 1 saturated carbocycles. The summed E-state index contributed by atoms with van der Waals surface area (Å²) in [7, 11) is 0. The molecule has 0 unspecified atom stereocenters. The smallest absolute Gasteiger partial charge is 0.265 e. The third kappa shape index (κ3) is 3.38. The fourth-order valence-corrected chi connectivity index (χ4v) is 5.28. The Bertz CT molecular complexity index is 701. The molecule has 1 aromatic rings. The van der Waals surface area contributed by atoms with Crippen molar-refractivity contribution in [2.24, 2.45) is 5.92 Å². The van der Waals surface area contributed by atoms with Gasteiger partial charge in [0.1, 0.15) is 0 Å². The molecule has 0 bridgehead atoms. The molecular formula is C19H24F2N2O2S. The zero-order chi connectivity index (χ0) is 18.3. The fourth-order valence-electron chi connectivity index (χ4n) is 4.16. The molecule has 2 saturated heterocycles. The minimum Gasteiger partial charge on any atom is -0.335 e. The van der Waals surface area contributed by atoms with E-state index >= 15 is 0 Å². The second kappa shape index (κ2) is 6.91. The molecule has 2 aliphatic heterocycles.